The van der Waals surface area contributed by atoms with Crippen LogP contribution >= 0.6 is 11.6 Å². The second-order valence-corrected chi connectivity index (χ2v) is 3.63. The molecule has 1 N–H and O–H groups in total. The first-order chi connectivity index (χ1) is 6.66. The Morgan fingerprint density at radius 2 is 2.36 bits per heavy atom. The smallest absolute Gasteiger partial charge is 0.312 e. The zero-order chi connectivity index (χ0) is 10.1. The van der Waals surface area contributed by atoms with Crippen LogP contribution in [0.4, 0.5) is 11.5 Å². The maximum absolute atomic E-state index is 10.6. The van der Waals surface area contributed by atoms with Gasteiger partial charge in [0.2, 0.25) is 5.82 Å². The lowest BCUT2D eigenvalue weighted by Gasteiger charge is -2.03. The maximum Gasteiger partial charge on any atom is 0.312 e. The average molecular weight is 214 g/mol. The molecule has 0 aliphatic heterocycles. The SMILES string of the molecule is O=[N+]([O-])c1cc(Cl)cnc1NC1CC1. The molecular weight excluding hydrogens is 206 g/mol. The third kappa shape index (κ3) is 1.93. The molecule has 74 valence electrons. The second-order valence-electron chi connectivity index (χ2n) is 3.20. The molecule has 6 heteroatoms. The van der Waals surface area contributed by atoms with Gasteiger partial charge in [0.05, 0.1) is 9.95 Å². The zero-order valence-corrected chi connectivity index (χ0v) is 7.99. The van der Waals surface area contributed by atoms with E-state index in [0.29, 0.717) is 11.9 Å². The minimum Gasteiger partial charge on any atom is -0.362 e. The van der Waals surface area contributed by atoms with E-state index in [1.807, 2.05) is 0 Å². The Balaban J connectivity index is 2.31. The van der Waals surface area contributed by atoms with Crippen LogP contribution in [0.3, 0.4) is 0 Å². The number of hydrogen-bond donors (Lipinski definition) is 1. The van der Waals surface area contributed by atoms with Gasteiger partial charge in [-0.15, -0.1) is 0 Å². The van der Waals surface area contributed by atoms with Crippen molar-refractivity contribution in [3.05, 3.63) is 27.4 Å². The maximum atomic E-state index is 10.6. The van der Waals surface area contributed by atoms with Crippen LogP contribution in [0.5, 0.6) is 0 Å². The molecule has 0 bridgehead atoms. The van der Waals surface area contributed by atoms with E-state index in [1.165, 1.54) is 12.3 Å². The molecule has 1 aromatic rings. The molecule has 1 aliphatic rings. The monoisotopic (exact) mass is 213 g/mol. The van der Waals surface area contributed by atoms with Gasteiger partial charge in [-0.2, -0.15) is 0 Å². The number of nitrogens with zero attached hydrogens (tertiary/aromatic N) is 2. The molecule has 1 heterocycles. The number of pyridine rings is 1. The third-order valence-electron chi connectivity index (χ3n) is 1.95. The quantitative estimate of drug-likeness (QED) is 0.618. The first-order valence-electron chi connectivity index (χ1n) is 4.23. The van der Waals surface area contributed by atoms with Gasteiger partial charge in [0.1, 0.15) is 0 Å². The van der Waals surface area contributed by atoms with E-state index in [1.54, 1.807) is 0 Å². The van der Waals surface area contributed by atoms with E-state index < -0.39 is 4.92 Å². The van der Waals surface area contributed by atoms with Crippen LogP contribution in [0.2, 0.25) is 5.02 Å². The van der Waals surface area contributed by atoms with Crippen LogP contribution in [0.15, 0.2) is 12.3 Å². The van der Waals surface area contributed by atoms with Crippen LogP contribution < -0.4 is 5.32 Å². The average Bonchev–Trinajstić information content (AvgIpc) is 2.91. The summed E-state index contributed by atoms with van der Waals surface area (Å²) in [6.07, 6.45) is 3.49. The fraction of sp³-hybridized carbons (Fsp3) is 0.375. The Kier molecular flexibility index (Phi) is 2.25. The number of hydrogen-bond acceptors (Lipinski definition) is 4. The van der Waals surface area contributed by atoms with E-state index in [0.717, 1.165) is 12.8 Å². The van der Waals surface area contributed by atoms with E-state index in [4.69, 9.17) is 11.6 Å². The molecule has 0 spiro atoms. The van der Waals surface area contributed by atoms with Crippen LogP contribution in [0.1, 0.15) is 12.8 Å². The number of aromatic nitrogens is 1. The van der Waals surface area contributed by atoms with Gasteiger partial charge in [0, 0.05) is 18.3 Å². The van der Waals surface area contributed by atoms with Gasteiger partial charge in [-0.1, -0.05) is 11.6 Å². The summed E-state index contributed by atoms with van der Waals surface area (Å²) in [5.74, 6) is 0.307. The molecular formula is C8H8ClN3O2. The van der Waals surface area contributed by atoms with Crippen molar-refractivity contribution < 1.29 is 4.92 Å². The lowest BCUT2D eigenvalue weighted by Crippen LogP contribution is -2.05. The van der Waals surface area contributed by atoms with E-state index in [-0.39, 0.29) is 10.7 Å². The largest absolute Gasteiger partial charge is 0.362 e. The minimum atomic E-state index is -0.483. The van der Waals surface area contributed by atoms with E-state index >= 15 is 0 Å². The number of nitrogens with one attached hydrogen (secondary N) is 1. The van der Waals surface area contributed by atoms with E-state index in [2.05, 4.69) is 10.3 Å². The topological polar surface area (TPSA) is 68.1 Å². The molecule has 0 aromatic carbocycles. The third-order valence-corrected chi connectivity index (χ3v) is 2.16. The molecule has 0 amide bonds. The molecule has 1 fully saturated rings. The summed E-state index contributed by atoms with van der Waals surface area (Å²) < 4.78 is 0. The highest BCUT2D eigenvalue weighted by Crippen LogP contribution is 2.30. The fourth-order valence-corrected chi connectivity index (χ4v) is 1.25. The predicted molar refractivity (Wildman–Crippen MR) is 52.5 cm³/mol. The van der Waals surface area contributed by atoms with Crippen molar-refractivity contribution in [2.24, 2.45) is 0 Å². The van der Waals surface area contributed by atoms with Crippen molar-refractivity contribution in [3.8, 4) is 0 Å². The first-order valence-corrected chi connectivity index (χ1v) is 4.61. The first kappa shape index (κ1) is 9.21. The van der Waals surface area contributed by atoms with Crippen molar-refractivity contribution in [3.63, 3.8) is 0 Å². The van der Waals surface area contributed by atoms with Crippen molar-refractivity contribution in [2.45, 2.75) is 18.9 Å². The summed E-state index contributed by atoms with van der Waals surface area (Å²) in [7, 11) is 0. The van der Waals surface area contributed by atoms with Gasteiger partial charge in [-0.25, -0.2) is 4.98 Å². The summed E-state index contributed by atoms with van der Waals surface area (Å²) >= 11 is 5.62. The standard InChI is InChI=1S/C8H8ClN3O2/c9-5-3-7(12(13)14)8(10-4-5)11-6-1-2-6/h3-4,6H,1-2H2,(H,10,11). The van der Waals surface area contributed by atoms with Crippen LogP contribution in [0.25, 0.3) is 0 Å². The summed E-state index contributed by atoms with van der Waals surface area (Å²) in [4.78, 5) is 14.1. The van der Waals surface area contributed by atoms with Gasteiger partial charge in [0.25, 0.3) is 0 Å². The number of rotatable bonds is 3. The highest BCUT2D eigenvalue weighted by molar-refractivity contribution is 6.30. The molecule has 1 saturated carbocycles. The van der Waals surface area contributed by atoms with Crippen molar-refractivity contribution >= 4 is 23.1 Å². The van der Waals surface area contributed by atoms with Gasteiger partial charge < -0.3 is 5.32 Å². The Morgan fingerprint density at radius 1 is 1.64 bits per heavy atom. The van der Waals surface area contributed by atoms with Gasteiger partial charge in [0.15, 0.2) is 0 Å². The Hall–Kier alpha value is -1.36. The molecule has 0 unspecified atom stereocenters. The van der Waals surface area contributed by atoms with Gasteiger partial charge >= 0.3 is 5.69 Å². The van der Waals surface area contributed by atoms with Crippen molar-refractivity contribution in [2.75, 3.05) is 5.32 Å². The zero-order valence-electron chi connectivity index (χ0n) is 7.24. The Morgan fingerprint density at radius 3 is 2.93 bits per heavy atom. The fourth-order valence-electron chi connectivity index (χ4n) is 1.10. The highest BCUT2D eigenvalue weighted by atomic mass is 35.5. The highest BCUT2D eigenvalue weighted by Gasteiger charge is 2.25. The number of nitro groups is 1. The molecule has 1 aliphatic carbocycles. The molecule has 0 radical (unpaired) electrons. The van der Waals surface area contributed by atoms with Gasteiger partial charge in [-0.05, 0) is 12.8 Å². The molecule has 2 rings (SSSR count). The Labute approximate surface area is 85.2 Å². The van der Waals surface area contributed by atoms with Crippen LogP contribution in [-0.2, 0) is 0 Å². The Bertz CT molecular complexity index is 379. The normalized spacial score (nSPS) is 15.2. The van der Waals surface area contributed by atoms with Gasteiger partial charge in [-0.3, -0.25) is 10.1 Å². The van der Waals surface area contributed by atoms with Crippen molar-refractivity contribution in [1.82, 2.24) is 4.98 Å². The van der Waals surface area contributed by atoms with Crippen molar-refractivity contribution in [1.29, 1.82) is 0 Å². The van der Waals surface area contributed by atoms with Crippen LogP contribution in [-0.4, -0.2) is 15.9 Å². The lowest BCUT2D eigenvalue weighted by atomic mass is 10.4. The lowest BCUT2D eigenvalue weighted by molar-refractivity contribution is -0.384. The summed E-state index contributed by atoms with van der Waals surface area (Å²) in [6.45, 7) is 0. The molecule has 0 atom stereocenters. The number of anilines is 1. The summed E-state index contributed by atoms with van der Waals surface area (Å²) in [5.41, 5.74) is -0.0654. The molecule has 0 saturated heterocycles. The molecule has 1 aromatic heterocycles. The molecule has 14 heavy (non-hydrogen) atoms. The molecule has 5 nitrogen and oxygen atoms in total. The number of halogens is 1. The predicted octanol–water partition coefficient (Wildman–Crippen LogP) is 2.22. The summed E-state index contributed by atoms with van der Waals surface area (Å²) in [6, 6.07) is 1.64. The second kappa shape index (κ2) is 3.42. The van der Waals surface area contributed by atoms with E-state index in [9.17, 15) is 10.1 Å². The van der Waals surface area contributed by atoms with Crippen LogP contribution in [0, 0.1) is 10.1 Å². The summed E-state index contributed by atoms with van der Waals surface area (Å²) in [5, 5.41) is 13.9. The minimum absolute atomic E-state index is 0.0654.